The number of carbonyl (C=O) groups excluding carboxylic acids is 1. The van der Waals surface area contributed by atoms with E-state index in [2.05, 4.69) is 5.32 Å². The Balaban J connectivity index is 2.49. The number of amides is 1. The van der Waals surface area contributed by atoms with E-state index in [0.29, 0.717) is 44.9 Å². The molecule has 1 aliphatic heterocycles. The van der Waals surface area contributed by atoms with Crippen LogP contribution in [0.25, 0.3) is 0 Å². The van der Waals surface area contributed by atoms with Gasteiger partial charge in [0.25, 0.3) is 0 Å². The third-order valence-electron chi connectivity index (χ3n) is 3.78. The van der Waals surface area contributed by atoms with Gasteiger partial charge in [-0.1, -0.05) is 27.2 Å². The van der Waals surface area contributed by atoms with Crippen LogP contribution in [-0.2, 0) is 9.59 Å². The minimum Gasteiger partial charge on any atom is -0.481 e. The lowest BCUT2D eigenvalue weighted by Gasteiger charge is -2.24. The molecule has 1 heterocycles. The highest BCUT2D eigenvalue weighted by atomic mass is 16.4. The molecule has 5 nitrogen and oxygen atoms in total. The summed E-state index contributed by atoms with van der Waals surface area (Å²) in [5.74, 6) is -0.697. The lowest BCUT2D eigenvalue weighted by molar-refractivity contribution is -0.149. The number of carbonyl (C=O) groups is 2. The molecule has 0 aliphatic carbocycles. The quantitative estimate of drug-likeness (QED) is 0.735. The number of nitrogens with zero attached hydrogens (tertiary/aromatic N) is 1. The topological polar surface area (TPSA) is 69.6 Å². The summed E-state index contributed by atoms with van der Waals surface area (Å²) < 4.78 is 0. The van der Waals surface area contributed by atoms with Crippen LogP contribution in [0.5, 0.6) is 0 Å². The number of hydrogen-bond donors (Lipinski definition) is 2. The Morgan fingerprint density at radius 1 is 1.42 bits per heavy atom. The van der Waals surface area contributed by atoms with Crippen LogP contribution in [0.3, 0.4) is 0 Å². The van der Waals surface area contributed by atoms with Crippen LogP contribution in [-0.4, -0.2) is 47.6 Å². The van der Waals surface area contributed by atoms with Gasteiger partial charge in [0.1, 0.15) is 0 Å². The predicted octanol–water partition coefficient (Wildman–Crippen LogP) is 1.48. The Kier molecular flexibility index (Phi) is 5.79. The lowest BCUT2D eigenvalue weighted by Crippen LogP contribution is -2.38. The van der Waals surface area contributed by atoms with Crippen LogP contribution in [0.1, 0.15) is 46.5 Å². The lowest BCUT2D eigenvalue weighted by atomic mass is 9.83. The number of rotatable bonds is 7. The van der Waals surface area contributed by atoms with E-state index >= 15 is 0 Å². The van der Waals surface area contributed by atoms with Gasteiger partial charge in [0.15, 0.2) is 0 Å². The van der Waals surface area contributed by atoms with Gasteiger partial charge in [0, 0.05) is 32.1 Å². The Morgan fingerprint density at radius 3 is 2.63 bits per heavy atom. The van der Waals surface area contributed by atoms with Crippen LogP contribution in [0.4, 0.5) is 0 Å². The molecule has 0 saturated carbocycles. The molecule has 1 atom stereocenters. The maximum atomic E-state index is 12.0. The number of carboxylic acid groups (broad SMARTS) is 1. The van der Waals surface area contributed by atoms with Gasteiger partial charge < -0.3 is 15.3 Å². The standard InChI is InChI=1S/C14H26N2O3/c1-4-6-14(13(18)19)7-9-16(10-14)12(17)5-8-15-11(2)3/h11,15H,4-10H2,1-3H3,(H,18,19). The van der Waals surface area contributed by atoms with Gasteiger partial charge in [0.05, 0.1) is 5.41 Å². The fraction of sp³-hybridized carbons (Fsp3) is 0.857. The van der Waals surface area contributed by atoms with Crippen LogP contribution >= 0.6 is 0 Å². The first-order valence-corrected chi connectivity index (χ1v) is 7.16. The van der Waals surface area contributed by atoms with Gasteiger partial charge in [-0.2, -0.15) is 0 Å². The van der Waals surface area contributed by atoms with Crippen LogP contribution < -0.4 is 5.32 Å². The first-order chi connectivity index (χ1) is 8.91. The van der Waals surface area contributed by atoms with Crippen molar-refractivity contribution in [3.05, 3.63) is 0 Å². The molecule has 110 valence electrons. The molecule has 0 aromatic carbocycles. The minimum atomic E-state index is -0.759. The van der Waals surface area contributed by atoms with Crippen molar-refractivity contribution in [2.75, 3.05) is 19.6 Å². The zero-order valence-corrected chi connectivity index (χ0v) is 12.2. The number of carboxylic acids is 1. The number of hydrogen-bond acceptors (Lipinski definition) is 3. The molecular formula is C14H26N2O3. The summed E-state index contributed by atoms with van der Waals surface area (Å²) in [5.41, 5.74) is -0.712. The van der Waals surface area contributed by atoms with Gasteiger partial charge in [-0.05, 0) is 12.8 Å². The second-order valence-corrected chi connectivity index (χ2v) is 5.76. The summed E-state index contributed by atoms with van der Waals surface area (Å²) in [6, 6.07) is 0.365. The van der Waals surface area contributed by atoms with E-state index in [1.807, 2.05) is 20.8 Å². The highest BCUT2D eigenvalue weighted by molar-refractivity contribution is 5.80. The Morgan fingerprint density at radius 2 is 2.11 bits per heavy atom. The molecule has 0 spiro atoms. The van der Waals surface area contributed by atoms with Crippen molar-refractivity contribution in [3.8, 4) is 0 Å². The van der Waals surface area contributed by atoms with Crippen LogP contribution in [0, 0.1) is 5.41 Å². The van der Waals surface area contributed by atoms with Crippen molar-refractivity contribution in [3.63, 3.8) is 0 Å². The van der Waals surface area contributed by atoms with Gasteiger partial charge in [-0.25, -0.2) is 0 Å². The fourth-order valence-electron chi connectivity index (χ4n) is 2.68. The van der Waals surface area contributed by atoms with Crippen molar-refractivity contribution in [1.82, 2.24) is 10.2 Å². The van der Waals surface area contributed by atoms with Crippen molar-refractivity contribution < 1.29 is 14.7 Å². The monoisotopic (exact) mass is 270 g/mol. The summed E-state index contributed by atoms with van der Waals surface area (Å²) in [4.78, 5) is 25.2. The molecule has 0 radical (unpaired) electrons. The summed E-state index contributed by atoms with van der Waals surface area (Å²) >= 11 is 0. The van der Waals surface area contributed by atoms with E-state index in [9.17, 15) is 14.7 Å². The Bertz CT molecular complexity index is 331. The average molecular weight is 270 g/mol. The molecule has 2 N–H and O–H groups in total. The molecule has 19 heavy (non-hydrogen) atoms. The van der Waals surface area contributed by atoms with Crippen molar-refractivity contribution in [2.24, 2.45) is 5.41 Å². The van der Waals surface area contributed by atoms with E-state index < -0.39 is 11.4 Å². The van der Waals surface area contributed by atoms with Crippen LogP contribution in [0.2, 0.25) is 0 Å². The molecular weight excluding hydrogens is 244 g/mol. The van der Waals surface area contributed by atoms with Crippen molar-refractivity contribution >= 4 is 11.9 Å². The average Bonchev–Trinajstić information content (AvgIpc) is 2.74. The second-order valence-electron chi connectivity index (χ2n) is 5.76. The number of nitrogens with one attached hydrogen (secondary N) is 1. The number of likely N-dealkylation sites (tertiary alicyclic amines) is 1. The van der Waals surface area contributed by atoms with E-state index in [-0.39, 0.29) is 5.91 Å². The zero-order valence-electron chi connectivity index (χ0n) is 12.2. The highest BCUT2D eigenvalue weighted by Crippen LogP contribution is 2.35. The van der Waals surface area contributed by atoms with Crippen molar-refractivity contribution in [1.29, 1.82) is 0 Å². The first-order valence-electron chi connectivity index (χ1n) is 7.16. The molecule has 0 aromatic rings. The fourth-order valence-corrected chi connectivity index (χ4v) is 2.68. The summed E-state index contributed by atoms with van der Waals surface area (Å²) in [6.45, 7) is 7.67. The predicted molar refractivity (Wildman–Crippen MR) is 73.9 cm³/mol. The number of aliphatic carboxylic acids is 1. The smallest absolute Gasteiger partial charge is 0.311 e. The highest BCUT2D eigenvalue weighted by Gasteiger charge is 2.45. The second kappa shape index (κ2) is 6.89. The van der Waals surface area contributed by atoms with Gasteiger partial charge in [-0.3, -0.25) is 9.59 Å². The SMILES string of the molecule is CCCC1(C(=O)O)CCN(C(=O)CCNC(C)C)C1. The van der Waals surface area contributed by atoms with Crippen molar-refractivity contribution in [2.45, 2.75) is 52.5 Å². The van der Waals surface area contributed by atoms with Crippen LogP contribution in [0.15, 0.2) is 0 Å². The van der Waals surface area contributed by atoms with E-state index in [4.69, 9.17) is 0 Å². The third kappa shape index (κ3) is 4.20. The normalized spacial score (nSPS) is 23.1. The largest absolute Gasteiger partial charge is 0.481 e. The molecule has 1 aliphatic rings. The van der Waals surface area contributed by atoms with E-state index in [1.165, 1.54) is 0 Å². The van der Waals surface area contributed by atoms with Gasteiger partial charge in [-0.15, -0.1) is 0 Å². The Hall–Kier alpha value is -1.10. The summed E-state index contributed by atoms with van der Waals surface area (Å²) in [7, 11) is 0. The molecule has 1 unspecified atom stereocenters. The van der Waals surface area contributed by atoms with Gasteiger partial charge in [0.2, 0.25) is 5.91 Å². The van der Waals surface area contributed by atoms with E-state index in [0.717, 1.165) is 6.42 Å². The summed E-state index contributed by atoms with van der Waals surface area (Å²) in [6.07, 6.45) is 2.51. The maximum absolute atomic E-state index is 12.0. The molecule has 1 rings (SSSR count). The molecule has 0 aromatic heterocycles. The zero-order chi connectivity index (χ0) is 14.5. The van der Waals surface area contributed by atoms with Gasteiger partial charge >= 0.3 is 5.97 Å². The maximum Gasteiger partial charge on any atom is 0.311 e. The third-order valence-corrected chi connectivity index (χ3v) is 3.78. The molecule has 1 amide bonds. The molecule has 5 heteroatoms. The minimum absolute atomic E-state index is 0.0624. The summed E-state index contributed by atoms with van der Waals surface area (Å²) in [5, 5.41) is 12.6. The first kappa shape index (κ1) is 16.0. The molecule has 0 bridgehead atoms. The molecule has 1 saturated heterocycles. The van der Waals surface area contributed by atoms with E-state index in [1.54, 1.807) is 4.90 Å². The Labute approximate surface area is 115 Å². The molecule has 1 fully saturated rings.